The monoisotopic (exact) mass is 267 g/mol. The first-order chi connectivity index (χ1) is 8.26. The van der Waals surface area contributed by atoms with E-state index in [1.165, 1.54) is 4.88 Å². The zero-order chi connectivity index (χ0) is 12.3. The number of ether oxygens (including phenoxy) is 1. The molecule has 1 atom stereocenters. The lowest BCUT2D eigenvalue weighted by atomic mass is 10.1. The lowest BCUT2D eigenvalue weighted by molar-refractivity contribution is 0.416. The summed E-state index contributed by atoms with van der Waals surface area (Å²) in [6.45, 7) is 0. The smallest absolute Gasteiger partial charge is 0.129 e. The van der Waals surface area contributed by atoms with Crippen LogP contribution in [0.4, 0.5) is 0 Å². The minimum absolute atomic E-state index is 0.109. The summed E-state index contributed by atoms with van der Waals surface area (Å²) in [4.78, 5) is 1.19. The van der Waals surface area contributed by atoms with Crippen molar-refractivity contribution in [1.29, 1.82) is 0 Å². The first-order valence-corrected chi connectivity index (χ1v) is 6.56. The van der Waals surface area contributed by atoms with Gasteiger partial charge < -0.3 is 10.1 Å². The van der Waals surface area contributed by atoms with Gasteiger partial charge in [0.25, 0.3) is 0 Å². The van der Waals surface area contributed by atoms with Crippen LogP contribution in [0.1, 0.15) is 16.5 Å². The summed E-state index contributed by atoms with van der Waals surface area (Å²) in [6, 6.07) is 10.0. The van der Waals surface area contributed by atoms with Crippen LogP contribution in [0.5, 0.6) is 5.75 Å². The molecule has 0 amide bonds. The number of halogens is 1. The second-order valence-electron chi connectivity index (χ2n) is 3.63. The number of rotatable bonds is 4. The largest absolute Gasteiger partial charge is 0.496 e. The van der Waals surface area contributed by atoms with Crippen molar-refractivity contribution < 1.29 is 4.74 Å². The number of methoxy groups -OCH3 is 1. The van der Waals surface area contributed by atoms with Gasteiger partial charge in [-0.3, -0.25) is 0 Å². The maximum atomic E-state index is 6.22. The van der Waals surface area contributed by atoms with Crippen molar-refractivity contribution in [2.24, 2.45) is 0 Å². The zero-order valence-electron chi connectivity index (χ0n) is 9.74. The van der Waals surface area contributed by atoms with Crippen molar-refractivity contribution in [3.05, 3.63) is 51.2 Å². The van der Waals surface area contributed by atoms with Crippen LogP contribution < -0.4 is 10.1 Å². The van der Waals surface area contributed by atoms with Gasteiger partial charge in [-0.2, -0.15) is 0 Å². The Bertz CT molecular complexity index is 498. The molecule has 0 saturated carbocycles. The summed E-state index contributed by atoms with van der Waals surface area (Å²) in [6.07, 6.45) is 0. The topological polar surface area (TPSA) is 21.3 Å². The fourth-order valence-electron chi connectivity index (χ4n) is 1.75. The van der Waals surface area contributed by atoms with E-state index in [0.29, 0.717) is 0 Å². The number of nitrogens with one attached hydrogen (secondary N) is 1. The van der Waals surface area contributed by atoms with Crippen LogP contribution in [0.15, 0.2) is 35.7 Å². The first-order valence-electron chi connectivity index (χ1n) is 5.30. The van der Waals surface area contributed by atoms with E-state index in [2.05, 4.69) is 5.32 Å². The molecule has 0 aliphatic carbocycles. The number of benzene rings is 1. The predicted molar refractivity (Wildman–Crippen MR) is 73.2 cm³/mol. The Hall–Kier alpha value is -1.03. The van der Waals surface area contributed by atoms with Gasteiger partial charge >= 0.3 is 0 Å². The SMILES string of the molecule is CNC(c1cc(OC)cs1)c1ccccc1Cl. The zero-order valence-corrected chi connectivity index (χ0v) is 11.3. The van der Waals surface area contributed by atoms with Crippen molar-refractivity contribution in [3.63, 3.8) is 0 Å². The van der Waals surface area contributed by atoms with E-state index in [-0.39, 0.29) is 6.04 Å². The Balaban J connectivity index is 2.36. The van der Waals surface area contributed by atoms with E-state index >= 15 is 0 Å². The number of thiophene rings is 1. The maximum Gasteiger partial charge on any atom is 0.129 e. The first kappa shape index (κ1) is 12.4. The average Bonchev–Trinajstić information content (AvgIpc) is 2.81. The van der Waals surface area contributed by atoms with Crippen LogP contribution in [0.25, 0.3) is 0 Å². The highest BCUT2D eigenvalue weighted by atomic mass is 35.5. The van der Waals surface area contributed by atoms with Crippen LogP contribution in [0.3, 0.4) is 0 Å². The third-order valence-corrected chi connectivity index (χ3v) is 3.94. The third-order valence-electron chi connectivity index (χ3n) is 2.62. The average molecular weight is 268 g/mol. The van der Waals surface area contributed by atoms with Gasteiger partial charge in [0.05, 0.1) is 13.2 Å². The van der Waals surface area contributed by atoms with Gasteiger partial charge in [-0.25, -0.2) is 0 Å². The van der Waals surface area contributed by atoms with Gasteiger partial charge in [0, 0.05) is 15.3 Å². The number of hydrogen-bond donors (Lipinski definition) is 1. The minimum Gasteiger partial charge on any atom is -0.496 e. The Labute approximate surface area is 110 Å². The predicted octanol–water partition coefficient (Wildman–Crippen LogP) is 3.72. The Morgan fingerprint density at radius 1 is 1.35 bits per heavy atom. The summed E-state index contributed by atoms with van der Waals surface area (Å²) in [5, 5.41) is 6.06. The van der Waals surface area contributed by atoms with Crippen LogP contribution in [0, 0.1) is 0 Å². The molecule has 0 aliphatic heterocycles. The molecule has 2 nitrogen and oxygen atoms in total. The molecule has 1 N–H and O–H groups in total. The van der Waals surface area contributed by atoms with E-state index in [9.17, 15) is 0 Å². The van der Waals surface area contributed by atoms with Gasteiger partial charge in [-0.15, -0.1) is 11.3 Å². The van der Waals surface area contributed by atoms with E-state index in [1.807, 2.05) is 42.8 Å². The molecule has 17 heavy (non-hydrogen) atoms. The normalized spacial score (nSPS) is 12.4. The van der Waals surface area contributed by atoms with Gasteiger partial charge in [0.15, 0.2) is 0 Å². The summed E-state index contributed by atoms with van der Waals surface area (Å²) in [5.74, 6) is 0.886. The van der Waals surface area contributed by atoms with Crippen LogP contribution in [-0.2, 0) is 0 Å². The van der Waals surface area contributed by atoms with Crippen LogP contribution in [-0.4, -0.2) is 14.2 Å². The summed E-state index contributed by atoms with van der Waals surface area (Å²) < 4.78 is 5.21. The molecule has 0 aliphatic rings. The molecule has 4 heteroatoms. The third kappa shape index (κ3) is 2.63. The molecule has 2 rings (SSSR count). The van der Waals surface area contributed by atoms with Crippen molar-refractivity contribution in [2.45, 2.75) is 6.04 Å². The molecule has 1 unspecified atom stereocenters. The minimum atomic E-state index is 0.109. The lowest BCUT2D eigenvalue weighted by Crippen LogP contribution is -2.16. The molecule has 0 fully saturated rings. The van der Waals surface area contributed by atoms with Crippen molar-refractivity contribution >= 4 is 22.9 Å². The van der Waals surface area contributed by atoms with Gasteiger partial charge in [0.2, 0.25) is 0 Å². The molecule has 1 heterocycles. The van der Waals surface area contributed by atoms with Gasteiger partial charge in [-0.05, 0) is 24.7 Å². The lowest BCUT2D eigenvalue weighted by Gasteiger charge is -2.16. The second-order valence-corrected chi connectivity index (χ2v) is 4.98. The molecule has 0 spiro atoms. The molecule has 90 valence electrons. The molecule has 1 aromatic carbocycles. The van der Waals surface area contributed by atoms with Gasteiger partial charge in [0.1, 0.15) is 5.75 Å². The van der Waals surface area contributed by atoms with Crippen molar-refractivity contribution in [1.82, 2.24) is 5.32 Å². The Morgan fingerprint density at radius 2 is 2.12 bits per heavy atom. The highest BCUT2D eigenvalue weighted by Gasteiger charge is 2.16. The fraction of sp³-hybridized carbons (Fsp3) is 0.231. The van der Waals surface area contributed by atoms with Crippen molar-refractivity contribution in [3.8, 4) is 5.75 Å². The van der Waals surface area contributed by atoms with E-state index < -0.39 is 0 Å². The molecule has 2 aromatic rings. The Kier molecular flexibility index (Phi) is 4.05. The quantitative estimate of drug-likeness (QED) is 0.912. The molecule has 0 saturated heterocycles. The number of hydrogen-bond acceptors (Lipinski definition) is 3. The van der Waals surface area contributed by atoms with E-state index in [1.54, 1.807) is 18.4 Å². The fourth-order valence-corrected chi connectivity index (χ4v) is 2.98. The standard InChI is InChI=1S/C13H14ClNOS/c1-15-13(10-5-3-4-6-11(10)14)12-7-9(16-2)8-17-12/h3-8,13,15H,1-2H3. The van der Waals surface area contributed by atoms with Gasteiger partial charge in [-0.1, -0.05) is 29.8 Å². The van der Waals surface area contributed by atoms with Crippen molar-refractivity contribution in [2.75, 3.05) is 14.2 Å². The highest BCUT2D eigenvalue weighted by Crippen LogP contribution is 2.33. The molecule has 0 radical (unpaired) electrons. The van der Waals surface area contributed by atoms with E-state index in [4.69, 9.17) is 16.3 Å². The highest BCUT2D eigenvalue weighted by molar-refractivity contribution is 7.10. The summed E-state index contributed by atoms with van der Waals surface area (Å²) in [5.41, 5.74) is 1.08. The second kappa shape index (κ2) is 5.54. The molecular weight excluding hydrogens is 254 g/mol. The molecular formula is C13H14ClNOS. The molecule has 1 aromatic heterocycles. The van der Waals surface area contributed by atoms with E-state index in [0.717, 1.165) is 16.3 Å². The summed E-state index contributed by atoms with van der Waals surface area (Å²) >= 11 is 7.89. The molecule has 0 bridgehead atoms. The Morgan fingerprint density at radius 3 is 2.71 bits per heavy atom. The van der Waals surface area contributed by atoms with Crippen LogP contribution >= 0.6 is 22.9 Å². The van der Waals surface area contributed by atoms with Crippen LogP contribution in [0.2, 0.25) is 5.02 Å². The summed E-state index contributed by atoms with van der Waals surface area (Å²) in [7, 11) is 3.61. The maximum absolute atomic E-state index is 6.22.